The number of benzene rings is 1. The van der Waals surface area contributed by atoms with Crippen molar-refractivity contribution in [3.63, 3.8) is 0 Å². The van der Waals surface area contributed by atoms with Gasteiger partial charge in [0.25, 0.3) is 5.56 Å². The minimum Gasteiger partial charge on any atom is -0.370 e. The van der Waals surface area contributed by atoms with Crippen LogP contribution >= 0.6 is 34.5 Å². The van der Waals surface area contributed by atoms with Crippen LogP contribution in [0.2, 0.25) is 10.0 Å². The molecule has 0 aliphatic rings. The van der Waals surface area contributed by atoms with Crippen LogP contribution in [-0.2, 0) is 11.3 Å². The minimum atomic E-state index is -0.457. The fourth-order valence-corrected chi connectivity index (χ4v) is 4.04. The summed E-state index contributed by atoms with van der Waals surface area (Å²) in [6, 6.07) is 5.25. The van der Waals surface area contributed by atoms with Gasteiger partial charge in [-0.05, 0) is 17.7 Å². The maximum Gasteiger partial charge on any atom is 0.262 e. The van der Waals surface area contributed by atoms with Crippen molar-refractivity contribution in [2.45, 2.75) is 32.7 Å². The molecule has 26 heavy (non-hydrogen) atoms. The molecular weight excluding hydrogens is 393 g/mol. The highest BCUT2D eigenvalue weighted by Gasteiger charge is 2.19. The average Bonchev–Trinajstić information content (AvgIpc) is 3.00. The van der Waals surface area contributed by atoms with E-state index in [-0.39, 0.29) is 24.4 Å². The van der Waals surface area contributed by atoms with Gasteiger partial charge in [-0.2, -0.15) is 0 Å². The number of fused-ring (bicyclic) bond motifs is 1. The molecule has 0 saturated carbocycles. The van der Waals surface area contributed by atoms with Crippen molar-refractivity contribution in [1.82, 2.24) is 9.55 Å². The summed E-state index contributed by atoms with van der Waals surface area (Å²) < 4.78 is 1.55. The first-order valence-electron chi connectivity index (χ1n) is 8.05. The predicted octanol–water partition coefficient (Wildman–Crippen LogP) is 4.43. The number of hydrogen-bond donors (Lipinski definition) is 1. The van der Waals surface area contributed by atoms with Crippen LogP contribution < -0.4 is 11.3 Å². The Bertz CT molecular complexity index is 1060. The maximum atomic E-state index is 13.2. The number of aromatic nitrogens is 2. The molecule has 0 fully saturated rings. The van der Waals surface area contributed by atoms with Gasteiger partial charge in [0.05, 0.1) is 15.4 Å². The van der Waals surface area contributed by atoms with E-state index in [0.717, 1.165) is 11.1 Å². The monoisotopic (exact) mass is 409 g/mol. The van der Waals surface area contributed by atoms with Crippen molar-refractivity contribution in [2.24, 2.45) is 5.73 Å². The Labute approximate surface area is 164 Å². The third-order valence-corrected chi connectivity index (χ3v) is 5.66. The van der Waals surface area contributed by atoms with Gasteiger partial charge in [-0.15, -0.1) is 11.3 Å². The lowest BCUT2D eigenvalue weighted by atomic mass is 10.1. The molecule has 2 N–H and O–H groups in total. The molecule has 1 amide bonds. The van der Waals surface area contributed by atoms with Gasteiger partial charge in [-0.3, -0.25) is 14.2 Å². The molecule has 0 spiro atoms. The van der Waals surface area contributed by atoms with E-state index in [2.05, 4.69) is 4.98 Å². The van der Waals surface area contributed by atoms with Gasteiger partial charge in [0.1, 0.15) is 10.7 Å². The van der Waals surface area contributed by atoms with Crippen LogP contribution in [0.3, 0.4) is 0 Å². The summed E-state index contributed by atoms with van der Waals surface area (Å²) in [5.41, 5.74) is 6.63. The molecule has 0 aliphatic heterocycles. The second kappa shape index (κ2) is 7.39. The number of rotatable bonds is 5. The van der Waals surface area contributed by atoms with Gasteiger partial charge in [-0.1, -0.05) is 43.1 Å². The van der Waals surface area contributed by atoms with Crippen molar-refractivity contribution >= 4 is 50.7 Å². The number of nitrogens with two attached hydrogens (primary N) is 1. The Morgan fingerprint density at radius 2 is 2.04 bits per heavy atom. The van der Waals surface area contributed by atoms with Gasteiger partial charge >= 0.3 is 0 Å². The number of carbonyl (C=O) groups excluding carboxylic acids is 1. The second-order valence-corrected chi connectivity index (χ2v) is 7.93. The van der Waals surface area contributed by atoms with Crippen molar-refractivity contribution in [1.29, 1.82) is 0 Å². The molecule has 3 aromatic rings. The van der Waals surface area contributed by atoms with Crippen molar-refractivity contribution in [3.05, 3.63) is 49.8 Å². The van der Waals surface area contributed by atoms with Crippen LogP contribution in [0.4, 0.5) is 0 Å². The molecule has 1 aromatic carbocycles. The number of halogens is 2. The molecule has 136 valence electrons. The molecule has 0 bridgehead atoms. The summed E-state index contributed by atoms with van der Waals surface area (Å²) in [7, 11) is 0. The van der Waals surface area contributed by atoms with E-state index in [1.807, 2.05) is 25.3 Å². The van der Waals surface area contributed by atoms with Crippen molar-refractivity contribution in [3.8, 4) is 11.1 Å². The van der Waals surface area contributed by atoms with Crippen LogP contribution in [0.25, 0.3) is 21.3 Å². The van der Waals surface area contributed by atoms with E-state index in [9.17, 15) is 9.59 Å². The standard InChI is InChI=1S/C18H17Cl2N3O2S/c1-9(2)16-22-17-15(18(25)23(16)6-5-14(21)24)11(8-26-17)10-3-4-12(19)13(20)7-10/h3-4,7-9H,5-6H2,1-2H3,(H2,21,24). The number of nitrogens with zero attached hydrogens (tertiary/aromatic N) is 2. The molecule has 5 nitrogen and oxygen atoms in total. The summed E-state index contributed by atoms with van der Waals surface area (Å²) in [5, 5.41) is 3.28. The van der Waals surface area contributed by atoms with E-state index < -0.39 is 5.91 Å². The SMILES string of the molecule is CC(C)c1nc2scc(-c3ccc(Cl)c(Cl)c3)c2c(=O)n1CCC(N)=O. The van der Waals surface area contributed by atoms with E-state index in [4.69, 9.17) is 28.9 Å². The summed E-state index contributed by atoms with van der Waals surface area (Å²) in [6.07, 6.45) is 0.0824. The molecule has 0 radical (unpaired) electrons. The zero-order valence-electron chi connectivity index (χ0n) is 14.3. The van der Waals surface area contributed by atoms with Crippen LogP contribution in [0.5, 0.6) is 0 Å². The topological polar surface area (TPSA) is 78.0 Å². The molecule has 0 unspecified atom stereocenters. The number of thiophene rings is 1. The van der Waals surface area contributed by atoms with Gasteiger partial charge in [0.15, 0.2) is 0 Å². The van der Waals surface area contributed by atoms with Crippen LogP contribution in [0.1, 0.15) is 32.0 Å². The second-order valence-electron chi connectivity index (χ2n) is 6.26. The molecule has 0 atom stereocenters. The van der Waals surface area contributed by atoms with Crippen LogP contribution in [0, 0.1) is 0 Å². The first kappa shape index (κ1) is 18.9. The molecule has 0 aliphatic carbocycles. The van der Waals surface area contributed by atoms with Gasteiger partial charge < -0.3 is 5.73 Å². The molecule has 3 rings (SSSR count). The number of primary amides is 1. The van der Waals surface area contributed by atoms with Gasteiger partial charge in [0.2, 0.25) is 5.91 Å². The molecular formula is C18H17Cl2N3O2S. The lowest BCUT2D eigenvalue weighted by Gasteiger charge is -2.14. The lowest BCUT2D eigenvalue weighted by Crippen LogP contribution is -2.28. The molecule has 2 aromatic heterocycles. The van der Waals surface area contributed by atoms with E-state index in [1.54, 1.807) is 16.7 Å². The summed E-state index contributed by atoms with van der Waals surface area (Å²) in [5.74, 6) is 0.225. The molecule has 2 heterocycles. The molecule has 0 saturated heterocycles. The summed E-state index contributed by atoms with van der Waals surface area (Å²) in [6.45, 7) is 4.13. The maximum absolute atomic E-state index is 13.2. The fourth-order valence-electron chi connectivity index (χ4n) is 2.80. The Hall–Kier alpha value is -1.89. The van der Waals surface area contributed by atoms with E-state index in [1.165, 1.54) is 11.3 Å². The number of carbonyl (C=O) groups is 1. The van der Waals surface area contributed by atoms with E-state index >= 15 is 0 Å². The normalized spacial score (nSPS) is 11.4. The quantitative estimate of drug-likeness (QED) is 0.676. The Balaban J connectivity index is 2.25. The molecule has 8 heteroatoms. The Kier molecular flexibility index (Phi) is 5.37. The number of amides is 1. The van der Waals surface area contributed by atoms with Gasteiger partial charge in [-0.25, -0.2) is 4.98 Å². The third-order valence-electron chi connectivity index (χ3n) is 4.05. The summed E-state index contributed by atoms with van der Waals surface area (Å²) in [4.78, 5) is 29.7. The van der Waals surface area contributed by atoms with Crippen molar-refractivity contribution < 1.29 is 4.79 Å². The average molecular weight is 410 g/mol. The highest BCUT2D eigenvalue weighted by atomic mass is 35.5. The van der Waals surface area contributed by atoms with Crippen LogP contribution in [0.15, 0.2) is 28.4 Å². The largest absolute Gasteiger partial charge is 0.370 e. The Morgan fingerprint density at radius 1 is 1.31 bits per heavy atom. The smallest absolute Gasteiger partial charge is 0.262 e. The minimum absolute atomic E-state index is 0.0375. The van der Waals surface area contributed by atoms with E-state index in [0.29, 0.717) is 26.1 Å². The highest BCUT2D eigenvalue weighted by Crippen LogP contribution is 2.34. The lowest BCUT2D eigenvalue weighted by molar-refractivity contribution is -0.118. The first-order chi connectivity index (χ1) is 12.3. The summed E-state index contributed by atoms with van der Waals surface area (Å²) >= 11 is 13.5. The zero-order chi connectivity index (χ0) is 19.0. The predicted molar refractivity (Wildman–Crippen MR) is 107 cm³/mol. The zero-order valence-corrected chi connectivity index (χ0v) is 16.6. The number of hydrogen-bond acceptors (Lipinski definition) is 4. The van der Waals surface area contributed by atoms with Crippen molar-refractivity contribution in [2.75, 3.05) is 0 Å². The Morgan fingerprint density at radius 3 is 2.65 bits per heavy atom. The fraction of sp³-hybridized carbons (Fsp3) is 0.278. The van der Waals surface area contributed by atoms with Crippen LogP contribution in [-0.4, -0.2) is 15.5 Å². The first-order valence-corrected chi connectivity index (χ1v) is 9.68. The highest BCUT2D eigenvalue weighted by molar-refractivity contribution is 7.17. The van der Waals surface area contributed by atoms with Gasteiger partial charge in [0, 0.05) is 29.8 Å². The third kappa shape index (κ3) is 3.49.